The minimum atomic E-state index is -0.445. The predicted octanol–water partition coefficient (Wildman–Crippen LogP) is 0.131. The molecule has 0 aliphatic rings. The number of ether oxygens (including phenoxy) is 1. The van der Waals surface area contributed by atoms with Gasteiger partial charge in [0.2, 0.25) is 0 Å². The van der Waals surface area contributed by atoms with Crippen LogP contribution in [0.5, 0.6) is 0 Å². The summed E-state index contributed by atoms with van der Waals surface area (Å²) in [6, 6.07) is 0. The lowest BCUT2D eigenvalue weighted by molar-refractivity contribution is -0.139. The van der Waals surface area contributed by atoms with Gasteiger partial charge in [-0.2, -0.15) is 0 Å². The van der Waals surface area contributed by atoms with E-state index in [1.807, 2.05) is 0 Å². The molecule has 12 heavy (non-hydrogen) atoms. The molecule has 0 spiro atoms. The maximum atomic E-state index is 10.9. The van der Waals surface area contributed by atoms with Crippen molar-refractivity contribution >= 4 is 12.4 Å². The molecule has 0 aromatic carbocycles. The molecule has 0 aromatic heterocycles. The summed E-state index contributed by atoms with van der Waals surface area (Å²) in [6.07, 6.45) is 1.24. The molecule has 0 saturated carbocycles. The fourth-order valence-electron chi connectivity index (χ4n) is 0.454. The van der Waals surface area contributed by atoms with Crippen LogP contribution in [-0.2, 0) is 19.2 Å². The van der Waals surface area contributed by atoms with E-state index in [9.17, 15) is 9.59 Å². The zero-order valence-electron chi connectivity index (χ0n) is 6.99. The predicted molar refractivity (Wildman–Crippen MR) is 40.7 cm³/mol. The van der Waals surface area contributed by atoms with Crippen LogP contribution in [0.2, 0.25) is 0 Å². The van der Waals surface area contributed by atoms with Gasteiger partial charge >= 0.3 is 12.4 Å². The molecule has 0 amide bonds. The Labute approximate surface area is 70.3 Å². The number of carbonyl (C=O) groups is 2. The van der Waals surface area contributed by atoms with E-state index in [0.717, 1.165) is 0 Å². The van der Waals surface area contributed by atoms with Crippen LogP contribution >= 0.6 is 0 Å². The van der Waals surface area contributed by atoms with Crippen molar-refractivity contribution in [1.82, 2.24) is 5.48 Å². The molecule has 0 heterocycles. The molecule has 5 heteroatoms. The maximum Gasteiger partial charge on any atom is 0.335 e. The van der Waals surface area contributed by atoms with Crippen molar-refractivity contribution in [2.24, 2.45) is 0 Å². The van der Waals surface area contributed by atoms with Gasteiger partial charge in [0, 0.05) is 6.20 Å². The Bertz CT molecular complexity index is 188. The third-order valence-corrected chi connectivity index (χ3v) is 0.989. The van der Waals surface area contributed by atoms with Crippen LogP contribution in [0.1, 0.15) is 13.8 Å². The quantitative estimate of drug-likeness (QED) is 0.210. The van der Waals surface area contributed by atoms with Gasteiger partial charge in [-0.05, 0) is 13.8 Å². The summed E-state index contributed by atoms with van der Waals surface area (Å²) in [5.41, 5.74) is 2.48. The molecule has 0 rings (SSSR count). The molecular weight excluding hydrogens is 162 g/mol. The average Bonchev–Trinajstić information content (AvgIpc) is 2.05. The lowest BCUT2D eigenvalue weighted by atomic mass is 10.3. The van der Waals surface area contributed by atoms with E-state index >= 15 is 0 Å². The van der Waals surface area contributed by atoms with Gasteiger partial charge in [0.25, 0.3) is 0 Å². The van der Waals surface area contributed by atoms with Gasteiger partial charge < -0.3 is 9.57 Å². The number of carbonyl (C=O) groups excluding carboxylic acids is 2. The van der Waals surface area contributed by atoms with Crippen molar-refractivity contribution in [3.05, 3.63) is 11.8 Å². The molecule has 1 N–H and O–H groups in total. The zero-order valence-corrected chi connectivity index (χ0v) is 6.99. The van der Waals surface area contributed by atoms with E-state index < -0.39 is 5.97 Å². The molecule has 0 aromatic rings. The van der Waals surface area contributed by atoms with E-state index in [4.69, 9.17) is 0 Å². The summed E-state index contributed by atoms with van der Waals surface area (Å²) >= 11 is 0. The minimum Gasteiger partial charge on any atom is -0.463 e. The number of hydrogen-bond donors (Lipinski definition) is 1. The number of hydrogen-bond acceptors (Lipinski definition) is 5. The first-order chi connectivity index (χ1) is 5.72. The SMILES string of the molecule is CCOC(=O)/C(C)=C/NOC=O. The van der Waals surface area contributed by atoms with Crippen molar-refractivity contribution in [2.45, 2.75) is 13.8 Å². The summed E-state index contributed by atoms with van der Waals surface area (Å²) in [7, 11) is 0. The Morgan fingerprint density at radius 2 is 2.25 bits per heavy atom. The van der Waals surface area contributed by atoms with E-state index in [1.165, 1.54) is 6.20 Å². The largest absolute Gasteiger partial charge is 0.463 e. The Hall–Kier alpha value is -1.52. The first-order valence-corrected chi connectivity index (χ1v) is 3.41. The van der Waals surface area contributed by atoms with Crippen LogP contribution in [-0.4, -0.2) is 19.0 Å². The highest BCUT2D eigenvalue weighted by atomic mass is 16.7. The first-order valence-electron chi connectivity index (χ1n) is 3.41. The highest BCUT2D eigenvalue weighted by molar-refractivity contribution is 5.87. The summed E-state index contributed by atoms with van der Waals surface area (Å²) in [4.78, 5) is 24.6. The fourth-order valence-corrected chi connectivity index (χ4v) is 0.454. The first kappa shape index (κ1) is 10.5. The van der Waals surface area contributed by atoms with Crippen LogP contribution < -0.4 is 5.48 Å². The van der Waals surface area contributed by atoms with Crippen LogP contribution in [0.15, 0.2) is 11.8 Å². The van der Waals surface area contributed by atoms with Gasteiger partial charge in [0.15, 0.2) is 0 Å². The molecule has 0 saturated heterocycles. The normalized spacial score (nSPS) is 10.3. The fraction of sp³-hybridized carbons (Fsp3) is 0.429. The van der Waals surface area contributed by atoms with Gasteiger partial charge in [-0.15, -0.1) is 0 Å². The Morgan fingerprint density at radius 3 is 2.75 bits per heavy atom. The third kappa shape index (κ3) is 4.32. The van der Waals surface area contributed by atoms with Gasteiger partial charge in [-0.3, -0.25) is 4.79 Å². The van der Waals surface area contributed by atoms with E-state index in [1.54, 1.807) is 13.8 Å². The number of rotatable bonds is 5. The lowest BCUT2D eigenvalue weighted by Gasteiger charge is -2.01. The maximum absolute atomic E-state index is 10.9. The Kier molecular flexibility index (Phi) is 5.42. The molecule has 0 radical (unpaired) electrons. The van der Waals surface area contributed by atoms with E-state index in [-0.39, 0.29) is 6.47 Å². The number of nitrogens with one attached hydrogen (secondary N) is 1. The third-order valence-electron chi connectivity index (χ3n) is 0.989. The molecule has 0 bridgehead atoms. The van der Waals surface area contributed by atoms with E-state index in [0.29, 0.717) is 12.2 Å². The summed E-state index contributed by atoms with van der Waals surface area (Å²) < 4.78 is 4.64. The van der Waals surface area contributed by atoms with Crippen molar-refractivity contribution in [3.8, 4) is 0 Å². The lowest BCUT2D eigenvalue weighted by Crippen LogP contribution is -2.11. The minimum absolute atomic E-state index is 0.217. The molecule has 5 nitrogen and oxygen atoms in total. The highest BCUT2D eigenvalue weighted by Crippen LogP contribution is 1.93. The van der Waals surface area contributed by atoms with Gasteiger partial charge in [-0.25, -0.2) is 10.3 Å². The molecule has 68 valence electrons. The Morgan fingerprint density at radius 1 is 1.58 bits per heavy atom. The van der Waals surface area contributed by atoms with Gasteiger partial charge in [-0.1, -0.05) is 0 Å². The van der Waals surface area contributed by atoms with Gasteiger partial charge in [0.1, 0.15) is 0 Å². The molecular formula is C7H11NO4. The molecule has 0 unspecified atom stereocenters. The molecule has 0 fully saturated rings. The van der Waals surface area contributed by atoms with Crippen molar-refractivity contribution < 1.29 is 19.2 Å². The Balaban J connectivity index is 3.81. The summed E-state index contributed by atoms with van der Waals surface area (Å²) in [5.74, 6) is -0.445. The molecule has 0 aliphatic heterocycles. The van der Waals surface area contributed by atoms with Crippen LogP contribution in [0.4, 0.5) is 0 Å². The van der Waals surface area contributed by atoms with Crippen molar-refractivity contribution in [1.29, 1.82) is 0 Å². The summed E-state index contributed by atoms with van der Waals surface area (Å²) in [5, 5.41) is 0. The monoisotopic (exact) mass is 173 g/mol. The number of esters is 1. The zero-order chi connectivity index (χ0) is 9.40. The molecule has 0 aliphatic carbocycles. The van der Waals surface area contributed by atoms with Crippen molar-refractivity contribution in [3.63, 3.8) is 0 Å². The average molecular weight is 173 g/mol. The second-order valence-electron chi connectivity index (χ2n) is 1.88. The van der Waals surface area contributed by atoms with Crippen LogP contribution in [0.25, 0.3) is 0 Å². The number of hydroxylamine groups is 1. The summed E-state index contributed by atoms with van der Waals surface area (Å²) in [6.45, 7) is 3.78. The van der Waals surface area contributed by atoms with Crippen LogP contribution in [0, 0.1) is 0 Å². The van der Waals surface area contributed by atoms with Gasteiger partial charge in [0.05, 0.1) is 12.2 Å². The van der Waals surface area contributed by atoms with Crippen molar-refractivity contribution in [2.75, 3.05) is 6.61 Å². The topological polar surface area (TPSA) is 64.6 Å². The highest BCUT2D eigenvalue weighted by Gasteiger charge is 2.02. The second-order valence-corrected chi connectivity index (χ2v) is 1.88. The van der Waals surface area contributed by atoms with E-state index in [2.05, 4.69) is 15.1 Å². The second kappa shape index (κ2) is 6.21. The smallest absolute Gasteiger partial charge is 0.335 e. The molecule has 0 atom stereocenters. The standard InChI is InChI=1S/C7H11NO4/c1-3-11-7(10)6(2)4-8-12-5-9/h4-5,8H,3H2,1-2H3/b6-4+. The van der Waals surface area contributed by atoms with Crippen LogP contribution in [0.3, 0.4) is 0 Å².